The summed E-state index contributed by atoms with van der Waals surface area (Å²) in [5, 5.41) is 5.36. The molecule has 0 radical (unpaired) electrons. The Labute approximate surface area is 119 Å². The summed E-state index contributed by atoms with van der Waals surface area (Å²) in [5.41, 5.74) is -0.309. The molecule has 114 valence electrons. The van der Waals surface area contributed by atoms with Crippen molar-refractivity contribution in [2.24, 2.45) is 4.99 Å². The van der Waals surface area contributed by atoms with Gasteiger partial charge in [0.2, 0.25) is 0 Å². The highest BCUT2D eigenvalue weighted by atomic mass is 19.4. The van der Waals surface area contributed by atoms with E-state index < -0.39 is 17.8 Å². The molecule has 1 amide bonds. The zero-order valence-corrected chi connectivity index (χ0v) is 11.2. The Morgan fingerprint density at radius 3 is 2.52 bits per heavy atom. The number of hydrogen-bond acceptors (Lipinski definition) is 3. The van der Waals surface area contributed by atoms with Crippen molar-refractivity contribution >= 4 is 11.9 Å². The molecule has 21 heavy (non-hydrogen) atoms. The van der Waals surface area contributed by atoms with E-state index in [1.807, 2.05) is 0 Å². The Hall–Kier alpha value is -2.09. The average Bonchev–Trinajstić information content (AvgIpc) is 2.79. The number of alkyl halides is 3. The minimum atomic E-state index is -4.39. The van der Waals surface area contributed by atoms with Crippen LogP contribution in [0.3, 0.4) is 0 Å². The van der Waals surface area contributed by atoms with E-state index in [2.05, 4.69) is 15.6 Å². The molecular formula is C13H14F3N3O2. The molecule has 0 aromatic heterocycles. The number of amides is 1. The maximum Gasteiger partial charge on any atom is 0.416 e. The van der Waals surface area contributed by atoms with E-state index in [1.165, 1.54) is 19.2 Å². The maximum atomic E-state index is 12.5. The lowest BCUT2D eigenvalue weighted by atomic mass is 10.0. The first kappa shape index (κ1) is 15.3. The Balaban J connectivity index is 2.08. The number of nitrogens with zero attached hydrogens (tertiary/aromatic N) is 1. The van der Waals surface area contributed by atoms with Gasteiger partial charge in [-0.15, -0.1) is 0 Å². The fraction of sp³-hybridized carbons (Fsp3) is 0.385. The topological polar surface area (TPSA) is 62.7 Å². The van der Waals surface area contributed by atoms with Gasteiger partial charge in [0.15, 0.2) is 5.96 Å². The normalized spacial score (nSPS) is 20.5. The number of aliphatic imine (C=N–C) groups is 1. The third-order valence-corrected chi connectivity index (χ3v) is 2.92. The van der Waals surface area contributed by atoms with Crippen LogP contribution in [0.5, 0.6) is 0 Å². The molecule has 2 rings (SSSR count). The Kier molecular flexibility index (Phi) is 4.46. The number of hydrogen-bond donors (Lipinski definition) is 2. The highest BCUT2D eigenvalue weighted by molar-refractivity contribution is 6.06. The Morgan fingerprint density at radius 2 is 1.95 bits per heavy atom. The smallest absolute Gasteiger partial charge is 0.383 e. The molecule has 1 aliphatic rings. The Morgan fingerprint density at radius 1 is 1.29 bits per heavy atom. The summed E-state index contributed by atoms with van der Waals surface area (Å²) in [6.07, 6.45) is -4.39. The number of benzene rings is 1. The van der Waals surface area contributed by atoms with Gasteiger partial charge < -0.3 is 10.1 Å². The molecule has 0 spiro atoms. The zero-order chi connectivity index (χ0) is 15.5. The van der Waals surface area contributed by atoms with Crippen molar-refractivity contribution in [3.8, 4) is 0 Å². The number of methoxy groups -OCH3 is 1. The quantitative estimate of drug-likeness (QED) is 0.828. The first-order chi connectivity index (χ1) is 9.91. The minimum absolute atomic E-state index is 0.293. The second kappa shape index (κ2) is 6.13. The molecule has 1 fully saturated rings. The van der Waals surface area contributed by atoms with E-state index in [-0.39, 0.29) is 5.91 Å². The largest absolute Gasteiger partial charge is 0.416 e. The van der Waals surface area contributed by atoms with Crippen LogP contribution in [0.4, 0.5) is 13.2 Å². The first-order valence-electron chi connectivity index (χ1n) is 6.20. The highest BCUT2D eigenvalue weighted by Crippen LogP contribution is 2.30. The molecule has 0 aliphatic carbocycles. The van der Waals surface area contributed by atoms with Gasteiger partial charge in [0.25, 0.3) is 5.91 Å². The van der Waals surface area contributed by atoms with E-state index in [0.29, 0.717) is 24.7 Å². The van der Waals surface area contributed by atoms with Crippen LogP contribution in [0.15, 0.2) is 29.3 Å². The van der Waals surface area contributed by atoms with Crippen LogP contribution in [0.1, 0.15) is 17.2 Å². The lowest BCUT2D eigenvalue weighted by molar-refractivity contribution is -0.137. The number of rotatable bonds is 4. The van der Waals surface area contributed by atoms with Gasteiger partial charge in [-0.25, -0.2) is 0 Å². The van der Waals surface area contributed by atoms with Crippen LogP contribution in [0.2, 0.25) is 0 Å². The van der Waals surface area contributed by atoms with E-state index in [4.69, 9.17) is 4.74 Å². The fourth-order valence-corrected chi connectivity index (χ4v) is 1.86. The van der Waals surface area contributed by atoms with Crippen LogP contribution in [-0.4, -0.2) is 32.1 Å². The molecular weight excluding hydrogens is 287 g/mol. The number of carbonyl (C=O) groups is 1. The van der Waals surface area contributed by atoms with Crippen molar-refractivity contribution in [3.63, 3.8) is 0 Å². The predicted octanol–water partition coefficient (Wildman–Crippen LogP) is 1.47. The molecule has 1 saturated heterocycles. The SMILES string of the molecule is COCCN=C1NC(=O)C(c2ccc(C(F)(F)F)cc2)N1. The monoisotopic (exact) mass is 301 g/mol. The summed E-state index contributed by atoms with van der Waals surface area (Å²) < 4.78 is 42.3. The maximum absolute atomic E-state index is 12.5. The number of guanidine groups is 1. The van der Waals surface area contributed by atoms with Gasteiger partial charge in [-0.2, -0.15) is 13.2 Å². The standard InChI is InChI=1S/C13H14F3N3O2/c1-21-7-6-17-12-18-10(11(20)19-12)8-2-4-9(5-3-8)13(14,15)16/h2-5,10H,6-7H2,1H3,(H2,17,18,19,20). The van der Waals surface area contributed by atoms with Crippen LogP contribution < -0.4 is 10.6 Å². The van der Waals surface area contributed by atoms with Crippen molar-refractivity contribution in [2.75, 3.05) is 20.3 Å². The van der Waals surface area contributed by atoms with Gasteiger partial charge in [0, 0.05) is 7.11 Å². The summed E-state index contributed by atoms with van der Waals surface area (Å²) >= 11 is 0. The summed E-state index contributed by atoms with van der Waals surface area (Å²) in [4.78, 5) is 15.9. The van der Waals surface area contributed by atoms with Gasteiger partial charge in [0.05, 0.1) is 18.7 Å². The van der Waals surface area contributed by atoms with Gasteiger partial charge in [0.1, 0.15) is 6.04 Å². The molecule has 1 aromatic carbocycles. The van der Waals surface area contributed by atoms with Gasteiger partial charge >= 0.3 is 6.18 Å². The van der Waals surface area contributed by atoms with Crippen molar-refractivity contribution in [1.82, 2.24) is 10.6 Å². The van der Waals surface area contributed by atoms with E-state index in [0.717, 1.165) is 12.1 Å². The van der Waals surface area contributed by atoms with Crippen molar-refractivity contribution in [1.29, 1.82) is 0 Å². The van der Waals surface area contributed by atoms with Gasteiger partial charge in [-0.3, -0.25) is 15.1 Å². The van der Waals surface area contributed by atoms with Crippen molar-refractivity contribution in [3.05, 3.63) is 35.4 Å². The van der Waals surface area contributed by atoms with Crippen LogP contribution in [0.25, 0.3) is 0 Å². The van der Waals surface area contributed by atoms with Crippen molar-refractivity contribution in [2.45, 2.75) is 12.2 Å². The third kappa shape index (κ3) is 3.72. The molecule has 8 heteroatoms. The Bertz CT molecular complexity index is 541. The van der Waals surface area contributed by atoms with E-state index >= 15 is 0 Å². The first-order valence-corrected chi connectivity index (χ1v) is 6.20. The second-order valence-corrected chi connectivity index (χ2v) is 4.41. The number of halogens is 3. The third-order valence-electron chi connectivity index (χ3n) is 2.92. The molecule has 5 nitrogen and oxygen atoms in total. The molecule has 0 bridgehead atoms. The minimum Gasteiger partial charge on any atom is -0.383 e. The second-order valence-electron chi connectivity index (χ2n) is 4.41. The molecule has 1 aliphatic heterocycles. The van der Waals surface area contributed by atoms with Crippen LogP contribution >= 0.6 is 0 Å². The summed E-state index contributed by atoms with van der Waals surface area (Å²) in [5.74, 6) is -0.0622. The van der Waals surface area contributed by atoms with E-state index in [9.17, 15) is 18.0 Å². The lowest BCUT2D eigenvalue weighted by Gasteiger charge is -2.10. The molecule has 1 heterocycles. The summed E-state index contributed by atoms with van der Waals surface area (Å²) in [7, 11) is 1.53. The van der Waals surface area contributed by atoms with Crippen LogP contribution in [0, 0.1) is 0 Å². The van der Waals surface area contributed by atoms with Gasteiger partial charge in [-0.1, -0.05) is 12.1 Å². The number of carbonyl (C=O) groups excluding carboxylic acids is 1. The number of nitrogens with one attached hydrogen (secondary N) is 2. The van der Waals surface area contributed by atoms with Crippen LogP contribution in [-0.2, 0) is 15.7 Å². The molecule has 1 atom stereocenters. The lowest BCUT2D eigenvalue weighted by Crippen LogP contribution is -2.26. The van der Waals surface area contributed by atoms with Crippen molar-refractivity contribution < 1.29 is 22.7 Å². The highest BCUT2D eigenvalue weighted by Gasteiger charge is 2.32. The molecule has 2 N–H and O–H groups in total. The summed E-state index contributed by atoms with van der Waals surface area (Å²) in [6, 6.07) is 3.71. The van der Waals surface area contributed by atoms with Gasteiger partial charge in [-0.05, 0) is 17.7 Å². The molecule has 1 unspecified atom stereocenters. The van der Waals surface area contributed by atoms with E-state index in [1.54, 1.807) is 0 Å². The zero-order valence-electron chi connectivity index (χ0n) is 11.2. The average molecular weight is 301 g/mol. The fourth-order valence-electron chi connectivity index (χ4n) is 1.86. The number of ether oxygens (including phenoxy) is 1. The molecule has 1 aromatic rings. The summed E-state index contributed by atoms with van der Waals surface area (Å²) in [6.45, 7) is 0.783. The molecule has 0 saturated carbocycles. The predicted molar refractivity (Wildman–Crippen MR) is 69.6 cm³/mol.